The molecule has 1 nitrogen and oxygen atoms in total. The summed E-state index contributed by atoms with van der Waals surface area (Å²) in [5.41, 5.74) is 2.14. The summed E-state index contributed by atoms with van der Waals surface area (Å²) < 4.78 is 13.7. The number of rotatable bonds is 1. The molecule has 0 aliphatic rings. The van der Waals surface area contributed by atoms with Gasteiger partial charge in [-0.05, 0) is 23.8 Å². The largest absolute Gasteiger partial charge is 0.256 e. The van der Waals surface area contributed by atoms with Gasteiger partial charge >= 0.3 is 0 Å². The van der Waals surface area contributed by atoms with Gasteiger partial charge in [0.2, 0.25) is 0 Å². The summed E-state index contributed by atoms with van der Waals surface area (Å²) >= 11 is 6.07. The molecular weight excluding hydrogens is 249 g/mol. The van der Waals surface area contributed by atoms with Crippen molar-refractivity contribution in [2.24, 2.45) is 0 Å². The average molecular weight is 258 g/mol. The SMILES string of the molecule is Fc1ccccc1-c1ccc2c(Cl)ccnc2c1. The van der Waals surface area contributed by atoms with Gasteiger partial charge in [-0.3, -0.25) is 4.98 Å². The maximum atomic E-state index is 13.7. The Morgan fingerprint density at radius 3 is 2.67 bits per heavy atom. The molecule has 3 rings (SSSR count). The Kier molecular flexibility index (Phi) is 2.73. The van der Waals surface area contributed by atoms with Crippen molar-refractivity contribution in [3.63, 3.8) is 0 Å². The monoisotopic (exact) mass is 257 g/mol. The van der Waals surface area contributed by atoms with Crippen LogP contribution in [0, 0.1) is 5.82 Å². The second kappa shape index (κ2) is 4.39. The van der Waals surface area contributed by atoms with Crippen LogP contribution in [0.2, 0.25) is 5.02 Å². The maximum absolute atomic E-state index is 13.7. The van der Waals surface area contributed by atoms with Crippen molar-refractivity contribution < 1.29 is 4.39 Å². The van der Waals surface area contributed by atoms with E-state index >= 15 is 0 Å². The highest BCUT2D eigenvalue weighted by Crippen LogP contribution is 2.28. The lowest BCUT2D eigenvalue weighted by Crippen LogP contribution is -1.85. The summed E-state index contributed by atoms with van der Waals surface area (Å²) in [6.45, 7) is 0. The van der Waals surface area contributed by atoms with Gasteiger partial charge in [-0.15, -0.1) is 0 Å². The van der Waals surface area contributed by atoms with Crippen LogP contribution >= 0.6 is 11.6 Å². The zero-order valence-electron chi connectivity index (χ0n) is 9.40. The zero-order valence-corrected chi connectivity index (χ0v) is 10.2. The Balaban J connectivity index is 2.23. The Labute approximate surface area is 109 Å². The first-order valence-corrected chi connectivity index (χ1v) is 5.93. The Hall–Kier alpha value is -1.93. The molecule has 1 heterocycles. The van der Waals surface area contributed by atoms with Crippen molar-refractivity contribution in [1.82, 2.24) is 4.98 Å². The third-order valence-electron chi connectivity index (χ3n) is 2.87. The molecule has 0 N–H and O–H groups in total. The summed E-state index contributed by atoms with van der Waals surface area (Å²) in [6.07, 6.45) is 1.65. The third-order valence-corrected chi connectivity index (χ3v) is 3.20. The second-order valence-corrected chi connectivity index (χ2v) is 4.41. The van der Waals surface area contributed by atoms with Gasteiger partial charge in [0.15, 0.2) is 0 Å². The molecule has 0 radical (unpaired) electrons. The highest BCUT2D eigenvalue weighted by Gasteiger charge is 2.06. The van der Waals surface area contributed by atoms with Crippen LogP contribution in [0.25, 0.3) is 22.0 Å². The van der Waals surface area contributed by atoms with Crippen LogP contribution in [0.3, 0.4) is 0 Å². The van der Waals surface area contributed by atoms with Crippen LogP contribution in [0.15, 0.2) is 54.7 Å². The smallest absolute Gasteiger partial charge is 0.131 e. The number of benzene rings is 2. The van der Waals surface area contributed by atoms with E-state index in [9.17, 15) is 4.39 Å². The molecule has 0 aliphatic carbocycles. The van der Waals surface area contributed by atoms with Crippen LogP contribution in [0.5, 0.6) is 0 Å². The second-order valence-electron chi connectivity index (χ2n) is 4.00. The first-order valence-electron chi connectivity index (χ1n) is 5.55. The highest BCUT2D eigenvalue weighted by molar-refractivity contribution is 6.35. The van der Waals surface area contributed by atoms with Gasteiger partial charge in [0.25, 0.3) is 0 Å². The number of nitrogens with zero attached hydrogens (tertiary/aromatic N) is 1. The molecule has 0 saturated carbocycles. The van der Waals surface area contributed by atoms with Gasteiger partial charge in [0.05, 0.1) is 10.5 Å². The number of hydrogen-bond donors (Lipinski definition) is 0. The van der Waals surface area contributed by atoms with Crippen molar-refractivity contribution in [3.05, 3.63) is 65.6 Å². The van der Waals surface area contributed by atoms with E-state index in [2.05, 4.69) is 4.98 Å². The van der Waals surface area contributed by atoms with Crippen molar-refractivity contribution >= 4 is 22.5 Å². The predicted octanol–water partition coefficient (Wildman–Crippen LogP) is 4.69. The van der Waals surface area contributed by atoms with Crippen LogP contribution in [-0.2, 0) is 0 Å². The molecule has 0 saturated heterocycles. The van der Waals surface area contributed by atoms with Gasteiger partial charge in [0, 0.05) is 17.1 Å². The lowest BCUT2D eigenvalue weighted by atomic mass is 10.0. The lowest BCUT2D eigenvalue weighted by Gasteiger charge is -2.05. The highest BCUT2D eigenvalue weighted by atomic mass is 35.5. The van der Waals surface area contributed by atoms with Crippen molar-refractivity contribution in [3.8, 4) is 11.1 Å². The molecule has 88 valence electrons. The van der Waals surface area contributed by atoms with Crippen molar-refractivity contribution in [2.45, 2.75) is 0 Å². The maximum Gasteiger partial charge on any atom is 0.131 e. The van der Waals surface area contributed by atoms with Crippen LogP contribution in [0.1, 0.15) is 0 Å². The van der Waals surface area contributed by atoms with E-state index < -0.39 is 0 Å². The molecule has 3 aromatic rings. The number of hydrogen-bond acceptors (Lipinski definition) is 1. The minimum absolute atomic E-state index is 0.237. The number of pyridine rings is 1. The van der Waals surface area contributed by atoms with Gasteiger partial charge in [-0.1, -0.05) is 41.9 Å². The number of halogens is 2. The molecule has 0 amide bonds. The molecule has 0 bridgehead atoms. The zero-order chi connectivity index (χ0) is 12.5. The first kappa shape index (κ1) is 11.2. The van der Waals surface area contributed by atoms with E-state index in [0.29, 0.717) is 10.6 Å². The van der Waals surface area contributed by atoms with E-state index in [1.807, 2.05) is 24.3 Å². The van der Waals surface area contributed by atoms with E-state index in [-0.39, 0.29) is 5.82 Å². The molecule has 0 fully saturated rings. The predicted molar refractivity (Wildman–Crippen MR) is 72.1 cm³/mol. The average Bonchev–Trinajstić information content (AvgIpc) is 2.39. The minimum atomic E-state index is -0.237. The molecule has 0 atom stereocenters. The fraction of sp³-hybridized carbons (Fsp3) is 0. The summed E-state index contributed by atoms with van der Waals surface area (Å²) in [7, 11) is 0. The molecule has 1 aromatic heterocycles. The van der Waals surface area contributed by atoms with Gasteiger partial charge in [0.1, 0.15) is 5.82 Å². The molecule has 0 unspecified atom stereocenters. The van der Waals surface area contributed by atoms with Crippen LogP contribution in [0.4, 0.5) is 4.39 Å². The van der Waals surface area contributed by atoms with E-state index in [1.165, 1.54) is 6.07 Å². The Bertz CT molecular complexity index is 725. The fourth-order valence-corrected chi connectivity index (χ4v) is 2.19. The fourth-order valence-electron chi connectivity index (χ4n) is 1.98. The summed E-state index contributed by atoms with van der Waals surface area (Å²) in [6, 6.07) is 14.0. The Morgan fingerprint density at radius 1 is 1.00 bits per heavy atom. The molecular formula is C15H9ClFN. The Morgan fingerprint density at radius 2 is 1.83 bits per heavy atom. The molecule has 3 heteroatoms. The number of aromatic nitrogens is 1. The standard InChI is InChI=1S/C15H9ClFN/c16-13-7-8-18-15-9-10(5-6-12(13)15)11-3-1-2-4-14(11)17/h1-9H. The van der Waals surface area contributed by atoms with Gasteiger partial charge < -0.3 is 0 Å². The minimum Gasteiger partial charge on any atom is -0.256 e. The molecule has 18 heavy (non-hydrogen) atoms. The topological polar surface area (TPSA) is 12.9 Å². The van der Waals surface area contributed by atoms with Gasteiger partial charge in [-0.2, -0.15) is 0 Å². The normalized spacial score (nSPS) is 10.8. The van der Waals surface area contributed by atoms with E-state index in [1.54, 1.807) is 24.4 Å². The van der Waals surface area contributed by atoms with Crippen LogP contribution < -0.4 is 0 Å². The molecule has 2 aromatic carbocycles. The molecule has 0 spiro atoms. The summed E-state index contributed by atoms with van der Waals surface area (Å²) in [4.78, 5) is 4.25. The first-order chi connectivity index (χ1) is 8.75. The van der Waals surface area contributed by atoms with Crippen molar-refractivity contribution in [1.29, 1.82) is 0 Å². The third kappa shape index (κ3) is 1.85. The van der Waals surface area contributed by atoms with Crippen LogP contribution in [-0.4, -0.2) is 4.98 Å². The van der Waals surface area contributed by atoms with Crippen molar-refractivity contribution in [2.75, 3.05) is 0 Å². The van der Waals surface area contributed by atoms with Gasteiger partial charge in [-0.25, -0.2) is 4.39 Å². The van der Waals surface area contributed by atoms with E-state index in [0.717, 1.165) is 16.5 Å². The quantitative estimate of drug-likeness (QED) is 0.616. The number of fused-ring (bicyclic) bond motifs is 1. The lowest BCUT2D eigenvalue weighted by molar-refractivity contribution is 0.631. The summed E-state index contributed by atoms with van der Waals surface area (Å²) in [5.74, 6) is -0.237. The van der Waals surface area contributed by atoms with E-state index in [4.69, 9.17) is 11.6 Å². The molecule has 0 aliphatic heterocycles. The summed E-state index contributed by atoms with van der Waals surface area (Å²) in [5, 5.41) is 1.53.